The zero-order valence-electron chi connectivity index (χ0n) is 27.1. The summed E-state index contributed by atoms with van der Waals surface area (Å²) in [6.07, 6.45) is 18.8. The van der Waals surface area contributed by atoms with Gasteiger partial charge in [0.25, 0.3) is 0 Å². The van der Waals surface area contributed by atoms with E-state index in [-0.39, 0.29) is 0 Å². The Morgan fingerprint density at radius 3 is 2.29 bits per heavy atom. The number of rotatable bonds is 8. The standard InChI is InChI=1S/C45H37N3/c1-2-13-31-14-3-6-17-37(31)38-18-7-4-15-34(38)28-36-30-44(42-29-35-16-5-8-19-39(35)40-20-9-10-21-41(40)42)48-45(47-36)33-25-23-32(24-26-33)43-22-11-12-27-46-43/h2-3,6-12,14,17-27,29-30H,1,4-5,13,15-16,28H2. The van der Waals surface area contributed by atoms with Gasteiger partial charge in [0.1, 0.15) is 0 Å². The SMILES string of the molecule is C=CCc1ccccc1C1=C(Cc2cc(-c3cc4c(c5ccccc35)C=CCC4)nc(-c3ccc(-c4ccccn4)cc3)n2)CCC=C1. The van der Waals surface area contributed by atoms with E-state index in [1.807, 2.05) is 30.5 Å². The Morgan fingerprint density at radius 1 is 0.667 bits per heavy atom. The highest BCUT2D eigenvalue weighted by atomic mass is 14.9. The van der Waals surface area contributed by atoms with E-state index in [4.69, 9.17) is 9.97 Å². The lowest BCUT2D eigenvalue weighted by Crippen LogP contribution is -2.05. The Hall–Kier alpha value is -5.67. The summed E-state index contributed by atoms with van der Waals surface area (Å²) in [4.78, 5) is 15.1. The first kappa shape index (κ1) is 29.7. The van der Waals surface area contributed by atoms with Crippen molar-refractivity contribution in [2.24, 2.45) is 0 Å². The number of hydrogen-bond acceptors (Lipinski definition) is 3. The summed E-state index contributed by atoms with van der Waals surface area (Å²) >= 11 is 0. The molecule has 0 unspecified atom stereocenters. The zero-order chi connectivity index (χ0) is 32.3. The molecular weight excluding hydrogens is 583 g/mol. The van der Waals surface area contributed by atoms with Crippen molar-refractivity contribution in [1.29, 1.82) is 0 Å². The summed E-state index contributed by atoms with van der Waals surface area (Å²) in [6.45, 7) is 4.02. The maximum atomic E-state index is 5.30. The van der Waals surface area contributed by atoms with E-state index >= 15 is 0 Å². The Labute approximate surface area is 282 Å². The molecule has 6 aromatic rings. The number of aromatic nitrogens is 3. The largest absolute Gasteiger partial charge is 0.256 e. The molecule has 0 amide bonds. The second-order valence-corrected chi connectivity index (χ2v) is 12.6. The van der Waals surface area contributed by atoms with E-state index in [1.54, 1.807) is 0 Å². The molecule has 0 saturated heterocycles. The summed E-state index contributed by atoms with van der Waals surface area (Å²) in [7, 11) is 0. The quantitative estimate of drug-likeness (QED) is 0.159. The Balaban J connectivity index is 1.28. The Morgan fingerprint density at radius 2 is 1.44 bits per heavy atom. The number of hydrogen-bond donors (Lipinski definition) is 0. The van der Waals surface area contributed by atoms with E-state index in [0.29, 0.717) is 0 Å². The van der Waals surface area contributed by atoms with Gasteiger partial charge in [0.05, 0.1) is 11.4 Å². The van der Waals surface area contributed by atoms with Gasteiger partial charge in [-0.05, 0) is 95.0 Å². The van der Waals surface area contributed by atoms with Crippen molar-refractivity contribution in [3.05, 3.63) is 174 Å². The van der Waals surface area contributed by atoms with E-state index in [0.717, 1.165) is 72.6 Å². The summed E-state index contributed by atoms with van der Waals surface area (Å²) in [5.74, 6) is 0.748. The monoisotopic (exact) mass is 619 g/mol. The van der Waals surface area contributed by atoms with Crippen LogP contribution >= 0.6 is 0 Å². The average molecular weight is 620 g/mol. The van der Waals surface area contributed by atoms with Crippen molar-refractivity contribution in [2.45, 2.75) is 38.5 Å². The van der Waals surface area contributed by atoms with Gasteiger partial charge < -0.3 is 0 Å². The van der Waals surface area contributed by atoms with Crippen LogP contribution in [0.5, 0.6) is 0 Å². The van der Waals surface area contributed by atoms with Crippen LogP contribution in [0, 0.1) is 0 Å². The third-order valence-electron chi connectivity index (χ3n) is 9.54. The molecule has 232 valence electrons. The number of allylic oxidation sites excluding steroid dienone is 6. The molecule has 0 radical (unpaired) electrons. The highest BCUT2D eigenvalue weighted by Gasteiger charge is 2.19. The fraction of sp³-hybridized carbons (Fsp3) is 0.133. The molecule has 3 heteroatoms. The van der Waals surface area contributed by atoms with Crippen LogP contribution in [0.1, 0.15) is 47.2 Å². The third kappa shape index (κ3) is 5.84. The van der Waals surface area contributed by atoms with Crippen LogP contribution in [-0.4, -0.2) is 15.0 Å². The van der Waals surface area contributed by atoms with Gasteiger partial charge in [-0.2, -0.15) is 0 Å². The molecule has 48 heavy (non-hydrogen) atoms. The molecule has 0 bridgehead atoms. The highest BCUT2D eigenvalue weighted by molar-refractivity contribution is 6.02. The van der Waals surface area contributed by atoms with Crippen molar-refractivity contribution in [3.8, 4) is 33.9 Å². The molecule has 4 aromatic carbocycles. The number of aryl methyl sites for hydroxylation is 1. The van der Waals surface area contributed by atoms with Crippen molar-refractivity contribution in [1.82, 2.24) is 15.0 Å². The lowest BCUT2D eigenvalue weighted by atomic mass is 9.86. The molecule has 0 saturated carbocycles. The van der Waals surface area contributed by atoms with Gasteiger partial charge in [0.15, 0.2) is 5.82 Å². The van der Waals surface area contributed by atoms with Gasteiger partial charge in [-0.25, -0.2) is 9.97 Å². The minimum absolute atomic E-state index is 0.748. The second-order valence-electron chi connectivity index (χ2n) is 12.6. The molecule has 2 aliphatic rings. The van der Waals surface area contributed by atoms with Gasteiger partial charge in [-0.1, -0.05) is 115 Å². The fourth-order valence-corrected chi connectivity index (χ4v) is 7.20. The van der Waals surface area contributed by atoms with Crippen molar-refractivity contribution >= 4 is 22.4 Å². The number of pyridine rings is 1. The van der Waals surface area contributed by atoms with Crippen molar-refractivity contribution in [3.63, 3.8) is 0 Å². The summed E-state index contributed by atoms with van der Waals surface area (Å²) < 4.78 is 0. The minimum Gasteiger partial charge on any atom is -0.256 e. The van der Waals surface area contributed by atoms with Crippen LogP contribution in [0.15, 0.2) is 146 Å². The smallest absolute Gasteiger partial charge is 0.160 e. The van der Waals surface area contributed by atoms with Crippen molar-refractivity contribution in [2.75, 3.05) is 0 Å². The molecule has 0 spiro atoms. The number of nitrogens with zero attached hydrogens (tertiary/aromatic N) is 3. The maximum absolute atomic E-state index is 5.30. The zero-order valence-corrected chi connectivity index (χ0v) is 27.1. The van der Waals surface area contributed by atoms with Crippen LogP contribution < -0.4 is 0 Å². The molecule has 2 aromatic heterocycles. The molecule has 0 fully saturated rings. The topological polar surface area (TPSA) is 38.7 Å². The van der Waals surface area contributed by atoms with Gasteiger partial charge in [-0.3, -0.25) is 4.98 Å². The first-order valence-corrected chi connectivity index (χ1v) is 16.9. The molecule has 8 rings (SSSR count). The molecule has 0 atom stereocenters. The fourth-order valence-electron chi connectivity index (χ4n) is 7.20. The van der Waals surface area contributed by atoms with E-state index in [2.05, 4.69) is 121 Å². The van der Waals surface area contributed by atoms with Gasteiger partial charge in [0, 0.05) is 35.0 Å². The summed E-state index contributed by atoms with van der Waals surface area (Å²) in [5, 5.41) is 2.51. The van der Waals surface area contributed by atoms with E-state index in [1.165, 1.54) is 49.7 Å². The summed E-state index contributed by atoms with van der Waals surface area (Å²) in [6, 6.07) is 36.6. The Bertz CT molecular complexity index is 2240. The molecule has 0 aliphatic heterocycles. The third-order valence-corrected chi connectivity index (χ3v) is 9.54. The van der Waals surface area contributed by atoms with E-state index in [9.17, 15) is 0 Å². The molecule has 0 N–H and O–H groups in total. The average Bonchev–Trinajstić information content (AvgIpc) is 3.15. The van der Waals surface area contributed by atoms with Gasteiger partial charge in [0.2, 0.25) is 0 Å². The van der Waals surface area contributed by atoms with Crippen LogP contribution in [0.2, 0.25) is 0 Å². The normalized spacial score (nSPS) is 13.9. The lowest BCUT2D eigenvalue weighted by Gasteiger charge is -2.20. The van der Waals surface area contributed by atoms with Crippen LogP contribution in [-0.2, 0) is 19.3 Å². The number of benzene rings is 4. The molecule has 2 heterocycles. The summed E-state index contributed by atoms with van der Waals surface area (Å²) in [5.41, 5.74) is 14.2. The van der Waals surface area contributed by atoms with Crippen molar-refractivity contribution < 1.29 is 0 Å². The van der Waals surface area contributed by atoms with Gasteiger partial charge in [-0.15, -0.1) is 6.58 Å². The molecular formula is C45H37N3. The maximum Gasteiger partial charge on any atom is 0.160 e. The van der Waals surface area contributed by atoms with Crippen LogP contribution in [0.25, 0.3) is 56.3 Å². The van der Waals surface area contributed by atoms with E-state index < -0.39 is 0 Å². The van der Waals surface area contributed by atoms with Crippen LogP contribution in [0.3, 0.4) is 0 Å². The first-order chi connectivity index (χ1) is 23.7. The second kappa shape index (κ2) is 13.2. The molecule has 2 aliphatic carbocycles. The highest BCUT2D eigenvalue weighted by Crippen LogP contribution is 2.38. The van der Waals surface area contributed by atoms with Crippen LogP contribution in [0.4, 0.5) is 0 Å². The predicted octanol–water partition coefficient (Wildman–Crippen LogP) is 11.1. The van der Waals surface area contributed by atoms with Gasteiger partial charge >= 0.3 is 0 Å². The minimum atomic E-state index is 0.748. The predicted molar refractivity (Wildman–Crippen MR) is 200 cm³/mol. The number of fused-ring (bicyclic) bond motifs is 3. The Kier molecular flexibility index (Phi) is 8.18. The molecule has 3 nitrogen and oxygen atoms in total. The lowest BCUT2D eigenvalue weighted by molar-refractivity contribution is 0.894. The first-order valence-electron chi connectivity index (χ1n) is 16.9.